The number of aliphatic carboxylic acids is 1. The van der Waals surface area contributed by atoms with Crippen LogP contribution in [0.2, 0.25) is 0 Å². The van der Waals surface area contributed by atoms with Crippen LogP contribution in [0.4, 0.5) is 4.79 Å². The summed E-state index contributed by atoms with van der Waals surface area (Å²) in [6.45, 7) is 1.11. The Morgan fingerprint density at radius 1 is 1.09 bits per heavy atom. The molecule has 0 aromatic heterocycles. The Bertz CT molecular complexity index is 1010. The second-order valence-electron chi connectivity index (χ2n) is 8.82. The first-order chi connectivity index (χ1) is 16.5. The van der Waals surface area contributed by atoms with Crippen LogP contribution in [-0.2, 0) is 19.1 Å². The number of carboxylic acid groups (broad SMARTS) is 1. The minimum absolute atomic E-state index is 0.0217. The molecule has 4 rings (SSSR count). The fraction of sp³-hybridized carbons (Fsp3) is 0.423. The van der Waals surface area contributed by atoms with Crippen molar-refractivity contribution in [2.24, 2.45) is 5.92 Å². The molecule has 2 N–H and O–H groups in total. The first-order valence-corrected chi connectivity index (χ1v) is 11.6. The van der Waals surface area contributed by atoms with Gasteiger partial charge >= 0.3 is 12.1 Å². The van der Waals surface area contributed by atoms with E-state index >= 15 is 0 Å². The number of amides is 2. The van der Waals surface area contributed by atoms with E-state index in [-0.39, 0.29) is 37.3 Å². The van der Waals surface area contributed by atoms with Gasteiger partial charge in [-0.05, 0) is 41.0 Å². The Hall–Kier alpha value is -3.39. The average Bonchev–Trinajstić information content (AvgIpc) is 3.16. The maximum absolute atomic E-state index is 12.9. The largest absolute Gasteiger partial charge is 0.481 e. The zero-order valence-electron chi connectivity index (χ0n) is 19.2. The molecule has 2 unspecified atom stereocenters. The minimum Gasteiger partial charge on any atom is -0.481 e. The second kappa shape index (κ2) is 10.7. The minimum atomic E-state index is -0.862. The Morgan fingerprint density at radius 2 is 1.74 bits per heavy atom. The number of alkyl carbamates (subject to hydrolysis) is 1. The zero-order valence-corrected chi connectivity index (χ0v) is 19.2. The number of fused-ring (bicyclic) bond motifs is 3. The summed E-state index contributed by atoms with van der Waals surface area (Å²) in [5.41, 5.74) is 4.56. The summed E-state index contributed by atoms with van der Waals surface area (Å²) in [6, 6.07) is 16.2. The van der Waals surface area contributed by atoms with Crippen molar-refractivity contribution >= 4 is 18.0 Å². The summed E-state index contributed by atoms with van der Waals surface area (Å²) in [5, 5.41) is 11.7. The number of rotatable bonds is 8. The van der Waals surface area contributed by atoms with Crippen LogP contribution in [0.1, 0.15) is 36.3 Å². The van der Waals surface area contributed by atoms with Crippen LogP contribution in [-0.4, -0.2) is 67.4 Å². The monoisotopic (exact) mass is 466 g/mol. The van der Waals surface area contributed by atoms with Crippen LogP contribution in [0.15, 0.2) is 48.5 Å². The summed E-state index contributed by atoms with van der Waals surface area (Å²) in [4.78, 5) is 38.0. The van der Waals surface area contributed by atoms with Gasteiger partial charge in [0.2, 0.25) is 0 Å². The van der Waals surface area contributed by atoms with Crippen molar-refractivity contribution in [3.63, 3.8) is 0 Å². The third kappa shape index (κ3) is 5.22. The molecule has 8 nitrogen and oxygen atoms in total. The Labute approximate surface area is 198 Å². The van der Waals surface area contributed by atoms with Gasteiger partial charge in [0, 0.05) is 32.5 Å². The highest BCUT2D eigenvalue weighted by Gasteiger charge is 2.31. The highest BCUT2D eigenvalue weighted by Crippen LogP contribution is 2.44. The Morgan fingerprint density at radius 3 is 2.35 bits per heavy atom. The molecular formula is C26H30N2O6. The number of likely N-dealkylation sites (tertiary alicyclic amines) is 1. The molecule has 1 saturated heterocycles. The normalized spacial score (nSPS) is 18.0. The second-order valence-corrected chi connectivity index (χ2v) is 8.82. The standard InChI is InChI=1S/C26H30N2O6/c1-33-23(25(31)28-12-6-7-17(15-28)13-24(29)30)14-27-26(32)34-16-22-20-10-4-2-8-18(20)19-9-3-5-11-21(19)22/h2-5,8-11,17,22-23H,6-7,12-16H2,1H3,(H,27,32)(H,29,30). The van der Waals surface area contributed by atoms with Crippen molar-refractivity contribution < 1.29 is 29.0 Å². The highest BCUT2D eigenvalue weighted by molar-refractivity contribution is 5.82. The number of carboxylic acids is 1. The molecule has 180 valence electrons. The molecule has 2 aliphatic rings. The molecule has 1 fully saturated rings. The number of piperidine rings is 1. The smallest absolute Gasteiger partial charge is 0.407 e. The van der Waals surface area contributed by atoms with Crippen molar-refractivity contribution in [1.29, 1.82) is 0 Å². The lowest BCUT2D eigenvalue weighted by atomic mass is 9.94. The summed E-state index contributed by atoms with van der Waals surface area (Å²) in [5.74, 6) is -1.23. The number of hydrogen-bond acceptors (Lipinski definition) is 5. The van der Waals surface area contributed by atoms with Gasteiger partial charge < -0.3 is 24.8 Å². The number of hydrogen-bond donors (Lipinski definition) is 2. The summed E-state index contributed by atoms with van der Waals surface area (Å²) in [6.07, 6.45) is 0.105. The summed E-state index contributed by atoms with van der Waals surface area (Å²) >= 11 is 0. The predicted octanol–water partition coefficient (Wildman–Crippen LogP) is 3.25. The number of benzene rings is 2. The van der Waals surface area contributed by atoms with Crippen molar-refractivity contribution in [2.45, 2.75) is 31.3 Å². The highest BCUT2D eigenvalue weighted by atomic mass is 16.5. The van der Waals surface area contributed by atoms with Crippen molar-refractivity contribution in [2.75, 3.05) is 33.4 Å². The van der Waals surface area contributed by atoms with E-state index in [0.717, 1.165) is 35.1 Å². The summed E-state index contributed by atoms with van der Waals surface area (Å²) < 4.78 is 10.9. The molecule has 0 saturated carbocycles. The van der Waals surface area contributed by atoms with E-state index < -0.39 is 18.2 Å². The first kappa shape index (κ1) is 23.8. The SMILES string of the molecule is COC(CNC(=O)OCC1c2ccccc2-c2ccccc21)C(=O)N1CCCC(CC(=O)O)C1. The number of methoxy groups -OCH3 is 1. The Balaban J connectivity index is 1.30. The van der Waals surface area contributed by atoms with Crippen LogP contribution >= 0.6 is 0 Å². The van der Waals surface area contributed by atoms with Crippen molar-refractivity contribution in [1.82, 2.24) is 10.2 Å². The molecular weight excluding hydrogens is 436 g/mol. The zero-order chi connectivity index (χ0) is 24.1. The van der Waals surface area contributed by atoms with E-state index in [0.29, 0.717) is 13.1 Å². The lowest BCUT2D eigenvalue weighted by Gasteiger charge is -2.34. The fourth-order valence-electron chi connectivity index (χ4n) is 4.98. The molecule has 34 heavy (non-hydrogen) atoms. The molecule has 2 amide bonds. The first-order valence-electron chi connectivity index (χ1n) is 11.6. The maximum atomic E-state index is 12.9. The quantitative estimate of drug-likeness (QED) is 0.619. The van der Waals surface area contributed by atoms with Gasteiger partial charge in [-0.3, -0.25) is 9.59 Å². The topological polar surface area (TPSA) is 105 Å². The number of nitrogens with one attached hydrogen (secondary N) is 1. The van der Waals surface area contributed by atoms with Gasteiger partial charge in [-0.25, -0.2) is 4.79 Å². The van der Waals surface area contributed by atoms with Gasteiger partial charge in [-0.15, -0.1) is 0 Å². The van der Waals surface area contributed by atoms with Crippen molar-refractivity contribution in [3.05, 3.63) is 59.7 Å². The number of ether oxygens (including phenoxy) is 2. The van der Waals surface area contributed by atoms with E-state index in [1.807, 2.05) is 24.3 Å². The third-order valence-electron chi connectivity index (χ3n) is 6.63. The van der Waals surface area contributed by atoms with Gasteiger partial charge in [-0.1, -0.05) is 48.5 Å². The Kier molecular flexibility index (Phi) is 7.47. The lowest BCUT2D eigenvalue weighted by Crippen LogP contribution is -2.49. The van der Waals surface area contributed by atoms with E-state index in [2.05, 4.69) is 29.6 Å². The third-order valence-corrected chi connectivity index (χ3v) is 6.63. The van der Waals surface area contributed by atoms with E-state index in [1.54, 1.807) is 4.90 Å². The maximum Gasteiger partial charge on any atom is 0.407 e. The van der Waals surface area contributed by atoms with E-state index in [4.69, 9.17) is 14.6 Å². The lowest BCUT2D eigenvalue weighted by molar-refractivity contribution is -0.145. The van der Waals surface area contributed by atoms with Crippen LogP contribution in [0.25, 0.3) is 11.1 Å². The molecule has 1 aliphatic carbocycles. The fourth-order valence-corrected chi connectivity index (χ4v) is 4.98. The van der Waals surface area contributed by atoms with Gasteiger partial charge in [-0.2, -0.15) is 0 Å². The van der Waals surface area contributed by atoms with E-state index in [9.17, 15) is 14.4 Å². The van der Waals surface area contributed by atoms with Crippen molar-refractivity contribution in [3.8, 4) is 11.1 Å². The van der Waals surface area contributed by atoms with Crippen LogP contribution in [0.5, 0.6) is 0 Å². The molecule has 0 spiro atoms. The number of carbonyl (C=O) groups is 3. The molecule has 8 heteroatoms. The average molecular weight is 467 g/mol. The predicted molar refractivity (Wildman–Crippen MR) is 125 cm³/mol. The van der Waals surface area contributed by atoms with Crippen LogP contribution < -0.4 is 5.32 Å². The van der Waals surface area contributed by atoms with Gasteiger partial charge in [0.1, 0.15) is 6.61 Å². The molecule has 2 aromatic rings. The summed E-state index contributed by atoms with van der Waals surface area (Å²) in [7, 11) is 1.42. The molecule has 0 radical (unpaired) electrons. The van der Waals surface area contributed by atoms with Crippen LogP contribution in [0.3, 0.4) is 0 Å². The van der Waals surface area contributed by atoms with E-state index in [1.165, 1.54) is 7.11 Å². The van der Waals surface area contributed by atoms with Crippen LogP contribution in [0, 0.1) is 5.92 Å². The molecule has 1 aliphatic heterocycles. The number of nitrogens with zero attached hydrogens (tertiary/aromatic N) is 1. The molecule has 2 atom stereocenters. The number of carbonyl (C=O) groups excluding carboxylic acids is 2. The van der Waals surface area contributed by atoms with Gasteiger partial charge in [0.15, 0.2) is 6.10 Å². The molecule has 2 aromatic carbocycles. The molecule has 0 bridgehead atoms. The van der Waals surface area contributed by atoms with Gasteiger partial charge in [0.05, 0.1) is 6.54 Å². The van der Waals surface area contributed by atoms with Gasteiger partial charge in [0.25, 0.3) is 5.91 Å². The molecule has 1 heterocycles.